The number of aromatic nitrogens is 2. The highest BCUT2D eigenvalue weighted by atomic mass is 79.9. The Bertz CT molecular complexity index is 579. The maximum atomic E-state index is 9.36. The lowest BCUT2D eigenvalue weighted by atomic mass is 10.2. The van der Waals surface area contributed by atoms with E-state index in [0.717, 1.165) is 28.6 Å². The molecule has 1 aromatic carbocycles. The number of hydrogen-bond acceptors (Lipinski definition) is 3. The molecule has 1 N–H and O–H groups in total. The summed E-state index contributed by atoms with van der Waals surface area (Å²) in [6.45, 7) is 4.70. The van der Waals surface area contributed by atoms with Gasteiger partial charge in [0, 0.05) is 16.2 Å². The standard InChI is InChI=1S/C16H21BrN2O2/c1-3-15(4-2)19-8-7-14(18-19)11-21-16-6-5-13(17)9-12(16)10-20/h5-9,15,20H,3-4,10-11H2,1-2H3. The Morgan fingerprint density at radius 1 is 1.29 bits per heavy atom. The summed E-state index contributed by atoms with van der Waals surface area (Å²) in [6, 6.07) is 8.04. The van der Waals surface area contributed by atoms with Crippen LogP contribution < -0.4 is 4.74 Å². The van der Waals surface area contributed by atoms with Gasteiger partial charge in [0.15, 0.2) is 0 Å². The van der Waals surface area contributed by atoms with E-state index in [1.807, 2.05) is 35.1 Å². The van der Waals surface area contributed by atoms with Gasteiger partial charge in [-0.25, -0.2) is 0 Å². The molecule has 0 unspecified atom stereocenters. The fourth-order valence-corrected chi connectivity index (χ4v) is 2.69. The van der Waals surface area contributed by atoms with E-state index in [2.05, 4.69) is 34.9 Å². The van der Waals surface area contributed by atoms with Crippen LogP contribution in [0.1, 0.15) is 44.0 Å². The van der Waals surface area contributed by atoms with Gasteiger partial charge in [0.1, 0.15) is 12.4 Å². The lowest BCUT2D eigenvalue weighted by molar-refractivity contribution is 0.256. The summed E-state index contributed by atoms with van der Waals surface area (Å²) in [4.78, 5) is 0. The van der Waals surface area contributed by atoms with Crippen molar-refractivity contribution in [2.45, 2.75) is 45.9 Å². The van der Waals surface area contributed by atoms with Gasteiger partial charge in [0.25, 0.3) is 0 Å². The normalized spacial score (nSPS) is 11.1. The average Bonchev–Trinajstić information content (AvgIpc) is 2.96. The maximum Gasteiger partial charge on any atom is 0.132 e. The molecule has 5 heteroatoms. The highest BCUT2D eigenvalue weighted by Gasteiger charge is 2.09. The number of halogens is 1. The molecule has 1 heterocycles. The molecule has 4 nitrogen and oxygen atoms in total. The number of ether oxygens (including phenoxy) is 1. The quantitative estimate of drug-likeness (QED) is 0.816. The molecule has 0 bridgehead atoms. The number of nitrogens with zero attached hydrogens (tertiary/aromatic N) is 2. The van der Waals surface area contributed by atoms with Crippen molar-refractivity contribution in [3.63, 3.8) is 0 Å². The van der Waals surface area contributed by atoms with Crippen molar-refractivity contribution < 1.29 is 9.84 Å². The first kappa shape index (κ1) is 16.0. The van der Waals surface area contributed by atoms with Crippen LogP contribution >= 0.6 is 15.9 Å². The molecular formula is C16H21BrN2O2. The molecule has 2 aromatic rings. The second-order valence-electron chi connectivity index (χ2n) is 4.96. The second-order valence-corrected chi connectivity index (χ2v) is 5.87. The number of benzene rings is 1. The molecule has 0 aliphatic heterocycles. The lowest BCUT2D eigenvalue weighted by Gasteiger charge is -2.12. The minimum absolute atomic E-state index is 0.0447. The van der Waals surface area contributed by atoms with E-state index in [1.54, 1.807) is 0 Å². The molecule has 2 rings (SSSR count). The van der Waals surface area contributed by atoms with Gasteiger partial charge in [-0.1, -0.05) is 29.8 Å². The molecule has 0 fully saturated rings. The van der Waals surface area contributed by atoms with Crippen LogP contribution in [0.2, 0.25) is 0 Å². The van der Waals surface area contributed by atoms with Crippen LogP contribution in [-0.2, 0) is 13.2 Å². The van der Waals surface area contributed by atoms with Crippen LogP contribution in [0.25, 0.3) is 0 Å². The summed E-state index contributed by atoms with van der Waals surface area (Å²) >= 11 is 3.39. The maximum absolute atomic E-state index is 9.36. The molecule has 0 saturated heterocycles. The molecule has 21 heavy (non-hydrogen) atoms. The van der Waals surface area contributed by atoms with E-state index < -0.39 is 0 Å². The van der Waals surface area contributed by atoms with Crippen LogP contribution in [0, 0.1) is 0 Å². The van der Waals surface area contributed by atoms with Crippen molar-refractivity contribution >= 4 is 15.9 Å². The van der Waals surface area contributed by atoms with Gasteiger partial charge in [-0.15, -0.1) is 0 Å². The predicted octanol–water partition coefficient (Wildman–Crippen LogP) is 4.08. The number of rotatable bonds is 7. The molecule has 0 radical (unpaired) electrons. The third-order valence-electron chi connectivity index (χ3n) is 3.55. The largest absolute Gasteiger partial charge is 0.487 e. The number of aliphatic hydroxyl groups is 1. The van der Waals surface area contributed by atoms with E-state index in [0.29, 0.717) is 18.4 Å². The Morgan fingerprint density at radius 3 is 2.71 bits per heavy atom. The Hall–Kier alpha value is -1.33. The van der Waals surface area contributed by atoms with Crippen molar-refractivity contribution in [3.05, 3.63) is 46.2 Å². The molecule has 0 spiro atoms. The van der Waals surface area contributed by atoms with Crippen molar-refractivity contribution in [1.82, 2.24) is 9.78 Å². The summed E-state index contributed by atoms with van der Waals surface area (Å²) in [5.41, 5.74) is 1.66. The molecule has 1 aromatic heterocycles. The fraction of sp³-hybridized carbons (Fsp3) is 0.438. The van der Waals surface area contributed by atoms with E-state index in [-0.39, 0.29) is 6.61 Å². The monoisotopic (exact) mass is 352 g/mol. The van der Waals surface area contributed by atoms with Gasteiger partial charge >= 0.3 is 0 Å². The van der Waals surface area contributed by atoms with Gasteiger partial charge in [-0.3, -0.25) is 4.68 Å². The molecule has 114 valence electrons. The van der Waals surface area contributed by atoms with Crippen molar-refractivity contribution in [3.8, 4) is 5.75 Å². The van der Waals surface area contributed by atoms with Crippen LogP contribution in [0.15, 0.2) is 34.9 Å². The Balaban J connectivity index is 2.03. The highest BCUT2D eigenvalue weighted by Crippen LogP contribution is 2.24. The predicted molar refractivity (Wildman–Crippen MR) is 86.2 cm³/mol. The van der Waals surface area contributed by atoms with E-state index in [4.69, 9.17) is 4.74 Å². The average molecular weight is 353 g/mol. The first-order valence-corrected chi connectivity index (χ1v) is 8.03. The smallest absolute Gasteiger partial charge is 0.132 e. The Kier molecular flexibility index (Phi) is 5.82. The minimum Gasteiger partial charge on any atom is -0.487 e. The summed E-state index contributed by atoms with van der Waals surface area (Å²) in [7, 11) is 0. The number of aliphatic hydroxyl groups excluding tert-OH is 1. The topological polar surface area (TPSA) is 47.3 Å². The number of hydrogen-bond donors (Lipinski definition) is 1. The molecule has 0 aliphatic rings. The van der Waals surface area contributed by atoms with Crippen molar-refractivity contribution in [2.75, 3.05) is 0 Å². The van der Waals surface area contributed by atoms with E-state index in [1.165, 1.54) is 0 Å². The van der Waals surface area contributed by atoms with Crippen LogP contribution in [-0.4, -0.2) is 14.9 Å². The van der Waals surface area contributed by atoms with Crippen LogP contribution in [0.5, 0.6) is 5.75 Å². The summed E-state index contributed by atoms with van der Waals surface area (Å²) < 4.78 is 8.71. The SMILES string of the molecule is CCC(CC)n1ccc(COc2ccc(Br)cc2CO)n1. The van der Waals surface area contributed by atoms with Gasteiger partial charge in [0.05, 0.1) is 18.3 Å². The van der Waals surface area contributed by atoms with E-state index >= 15 is 0 Å². The molecule has 0 saturated carbocycles. The first-order chi connectivity index (χ1) is 10.2. The summed E-state index contributed by atoms with van der Waals surface area (Å²) in [5.74, 6) is 0.692. The third-order valence-corrected chi connectivity index (χ3v) is 4.04. The van der Waals surface area contributed by atoms with Gasteiger partial charge in [-0.2, -0.15) is 5.10 Å². The van der Waals surface area contributed by atoms with E-state index in [9.17, 15) is 5.11 Å². The Labute approximate surface area is 133 Å². The molecular weight excluding hydrogens is 332 g/mol. The molecule has 0 atom stereocenters. The summed E-state index contributed by atoms with van der Waals surface area (Å²) in [6.07, 6.45) is 4.14. The lowest BCUT2D eigenvalue weighted by Crippen LogP contribution is -2.08. The zero-order valence-electron chi connectivity index (χ0n) is 12.4. The zero-order chi connectivity index (χ0) is 15.2. The highest BCUT2D eigenvalue weighted by molar-refractivity contribution is 9.10. The second kappa shape index (κ2) is 7.61. The van der Waals surface area contributed by atoms with Crippen LogP contribution in [0.4, 0.5) is 0 Å². The van der Waals surface area contributed by atoms with Gasteiger partial charge < -0.3 is 9.84 Å². The van der Waals surface area contributed by atoms with Crippen molar-refractivity contribution in [1.29, 1.82) is 0 Å². The minimum atomic E-state index is -0.0447. The van der Waals surface area contributed by atoms with Gasteiger partial charge in [0.2, 0.25) is 0 Å². The van der Waals surface area contributed by atoms with Crippen molar-refractivity contribution in [2.24, 2.45) is 0 Å². The first-order valence-electron chi connectivity index (χ1n) is 7.24. The Morgan fingerprint density at radius 2 is 2.05 bits per heavy atom. The molecule has 0 aliphatic carbocycles. The molecule has 0 amide bonds. The zero-order valence-corrected chi connectivity index (χ0v) is 14.0. The van der Waals surface area contributed by atoms with Crippen LogP contribution in [0.3, 0.4) is 0 Å². The summed E-state index contributed by atoms with van der Waals surface area (Å²) in [5, 5.41) is 13.9. The van der Waals surface area contributed by atoms with Gasteiger partial charge in [-0.05, 0) is 37.1 Å². The fourth-order valence-electron chi connectivity index (χ4n) is 2.28. The third kappa shape index (κ3) is 4.08.